The lowest BCUT2D eigenvalue weighted by atomic mass is 9.77. The first kappa shape index (κ1) is 15.4. The minimum atomic E-state index is 0.143. The third-order valence-corrected chi connectivity index (χ3v) is 3.97. The molecule has 0 aromatic carbocycles. The van der Waals surface area contributed by atoms with E-state index in [9.17, 15) is 4.79 Å². The summed E-state index contributed by atoms with van der Waals surface area (Å²) >= 11 is 0. The second kappa shape index (κ2) is 7.10. The maximum Gasteiger partial charge on any atom is 0.226 e. The monoisotopic (exact) mass is 256 g/mol. The average Bonchev–Trinajstić information content (AvgIpc) is 2.28. The molecule has 4 nitrogen and oxygen atoms in total. The van der Waals surface area contributed by atoms with Gasteiger partial charge in [-0.3, -0.25) is 4.79 Å². The van der Waals surface area contributed by atoms with Crippen molar-refractivity contribution in [2.45, 2.75) is 52.1 Å². The first-order chi connectivity index (χ1) is 8.47. The number of hydrogen-bond donors (Lipinski definition) is 1. The molecule has 0 spiro atoms. The molecule has 1 aliphatic carbocycles. The van der Waals surface area contributed by atoms with Crippen LogP contribution >= 0.6 is 0 Å². The van der Waals surface area contributed by atoms with E-state index in [4.69, 9.17) is 10.5 Å². The Balaban J connectivity index is 2.64. The SMILES string of the molecule is COCCN(C(=O)C1CCC(N)CC1C)C(C)C. The van der Waals surface area contributed by atoms with Gasteiger partial charge in [0.1, 0.15) is 0 Å². The van der Waals surface area contributed by atoms with Crippen LogP contribution in [0.2, 0.25) is 0 Å². The quantitative estimate of drug-likeness (QED) is 0.813. The number of nitrogens with zero attached hydrogens (tertiary/aromatic N) is 1. The van der Waals surface area contributed by atoms with Crippen LogP contribution in [-0.4, -0.2) is 43.2 Å². The van der Waals surface area contributed by atoms with E-state index < -0.39 is 0 Å². The van der Waals surface area contributed by atoms with E-state index in [1.54, 1.807) is 7.11 Å². The van der Waals surface area contributed by atoms with Crippen molar-refractivity contribution < 1.29 is 9.53 Å². The van der Waals surface area contributed by atoms with E-state index in [1.807, 2.05) is 4.90 Å². The molecule has 1 amide bonds. The molecule has 0 aromatic heterocycles. The fraction of sp³-hybridized carbons (Fsp3) is 0.929. The summed E-state index contributed by atoms with van der Waals surface area (Å²) in [7, 11) is 1.67. The van der Waals surface area contributed by atoms with Crippen molar-refractivity contribution >= 4 is 5.91 Å². The van der Waals surface area contributed by atoms with Crippen molar-refractivity contribution in [2.75, 3.05) is 20.3 Å². The van der Waals surface area contributed by atoms with Gasteiger partial charge < -0.3 is 15.4 Å². The maximum atomic E-state index is 12.6. The molecule has 1 fully saturated rings. The van der Waals surface area contributed by atoms with E-state index in [-0.39, 0.29) is 23.9 Å². The number of amides is 1. The number of nitrogens with two attached hydrogens (primary N) is 1. The van der Waals surface area contributed by atoms with Crippen LogP contribution in [-0.2, 0) is 9.53 Å². The minimum Gasteiger partial charge on any atom is -0.383 e. The van der Waals surface area contributed by atoms with Gasteiger partial charge in [0.25, 0.3) is 0 Å². The van der Waals surface area contributed by atoms with Gasteiger partial charge in [0.2, 0.25) is 5.91 Å². The van der Waals surface area contributed by atoms with Gasteiger partial charge in [-0.25, -0.2) is 0 Å². The fourth-order valence-electron chi connectivity index (χ4n) is 2.83. The van der Waals surface area contributed by atoms with Gasteiger partial charge in [0, 0.05) is 31.7 Å². The molecule has 0 heterocycles. The van der Waals surface area contributed by atoms with Gasteiger partial charge in [-0.2, -0.15) is 0 Å². The zero-order valence-electron chi connectivity index (χ0n) is 12.2. The first-order valence-electron chi connectivity index (χ1n) is 7.02. The molecule has 2 N–H and O–H groups in total. The van der Waals surface area contributed by atoms with E-state index >= 15 is 0 Å². The Labute approximate surface area is 111 Å². The molecular formula is C14H28N2O2. The number of ether oxygens (including phenoxy) is 1. The second-order valence-electron chi connectivity index (χ2n) is 5.78. The first-order valence-corrected chi connectivity index (χ1v) is 7.02. The van der Waals surface area contributed by atoms with Crippen molar-refractivity contribution in [3.8, 4) is 0 Å². The topological polar surface area (TPSA) is 55.6 Å². The Kier molecular flexibility index (Phi) is 6.09. The van der Waals surface area contributed by atoms with E-state index in [0.29, 0.717) is 19.1 Å². The highest BCUT2D eigenvalue weighted by Crippen LogP contribution is 2.31. The Hall–Kier alpha value is -0.610. The lowest BCUT2D eigenvalue weighted by molar-refractivity contribution is -0.140. The van der Waals surface area contributed by atoms with Crippen molar-refractivity contribution in [1.29, 1.82) is 0 Å². The lowest BCUT2D eigenvalue weighted by Crippen LogP contribution is -2.46. The van der Waals surface area contributed by atoms with Gasteiger partial charge in [-0.15, -0.1) is 0 Å². The van der Waals surface area contributed by atoms with Crippen molar-refractivity contribution in [2.24, 2.45) is 17.6 Å². The molecule has 1 rings (SSSR count). The van der Waals surface area contributed by atoms with Crippen molar-refractivity contribution in [3.05, 3.63) is 0 Å². The van der Waals surface area contributed by atoms with Crippen LogP contribution in [0, 0.1) is 11.8 Å². The molecule has 0 aromatic rings. The highest BCUT2D eigenvalue weighted by molar-refractivity contribution is 5.79. The summed E-state index contributed by atoms with van der Waals surface area (Å²) in [5.74, 6) is 0.815. The van der Waals surface area contributed by atoms with Crippen LogP contribution < -0.4 is 5.73 Å². The minimum absolute atomic E-state index is 0.143. The lowest BCUT2D eigenvalue weighted by Gasteiger charge is -2.36. The summed E-state index contributed by atoms with van der Waals surface area (Å²) in [5.41, 5.74) is 5.96. The number of carbonyl (C=O) groups excluding carboxylic acids is 1. The predicted molar refractivity (Wildman–Crippen MR) is 73.2 cm³/mol. The Bertz CT molecular complexity index is 263. The van der Waals surface area contributed by atoms with Crippen LogP contribution in [0.3, 0.4) is 0 Å². The van der Waals surface area contributed by atoms with Gasteiger partial charge in [-0.1, -0.05) is 6.92 Å². The van der Waals surface area contributed by atoms with Crippen molar-refractivity contribution in [3.63, 3.8) is 0 Å². The third-order valence-electron chi connectivity index (χ3n) is 3.97. The Morgan fingerprint density at radius 3 is 2.61 bits per heavy atom. The molecule has 0 saturated heterocycles. The Morgan fingerprint density at radius 1 is 1.44 bits per heavy atom. The molecule has 3 atom stereocenters. The highest BCUT2D eigenvalue weighted by Gasteiger charge is 2.34. The van der Waals surface area contributed by atoms with Crippen LogP contribution in [0.1, 0.15) is 40.0 Å². The molecule has 106 valence electrons. The molecule has 0 radical (unpaired) electrons. The van der Waals surface area contributed by atoms with Gasteiger partial charge in [-0.05, 0) is 39.0 Å². The number of methoxy groups -OCH3 is 1. The van der Waals surface area contributed by atoms with Crippen molar-refractivity contribution in [1.82, 2.24) is 4.90 Å². The van der Waals surface area contributed by atoms with Gasteiger partial charge in [0.05, 0.1) is 6.61 Å². The van der Waals surface area contributed by atoms with Gasteiger partial charge in [0.15, 0.2) is 0 Å². The molecule has 4 heteroatoms. The molecule has 1 saturated carbocycles. The average molecular weight is 256 g/mol. The summed E-state index contributed by atoms with van der Waals surface area (Å²) in [6, 6.07) is 0.506. The van der Waals surface area contributed by atoms with Crippen LogP contribution in [0.25, 0.3) is 0 Å². The molecule has 1 aliphatic rings. The Morgan fingerprint density at radius 2 is 2.11 bits per heavy atom. The van der Waals surface area contributed by atoms with Crippen LogP contribution in [0.4, 0.5) is 0 Å². The summed E-state index contributed by atoms with van der Waals surface area (Å²) < 4.78 is 5.09. The molecule has 3 unspecified atom stereocenters. The molecule has 0 bridgehead atoms. The molecular weight excluding hydrogens is 228 g/mol. The number of rotatable bonds is 5. The fourth-order valence-corrected chi connectivity index (χ4v) is 2.83. The zero-order valence-corrected chi connectivity index (χ0v) is 12.2. The standard InChI is InChI=1S/C14H28N2O2/c1-10(2)16(7-8-18-4)14(17)13-6-5-12(15)9-11(13)3/h10-13H,5-9,15H2,1-4H3. The van der Waals surface area contributed by atoms with E-state index in [2.05, 4.69) is 20.8 Å². The molecule has 0 aliphatic heterocycles. The summed E-state index contributed by atoms with van der Waals surface area (Å²) in [6.45, 7) is 7.56. The third kappa shape index (κ3) is 3.95. The van der Waals surface area contributed by atoms with Crippen LogP contribution in [0.15, 0.2) is 0 Å². The smallest absolute Gasteiger partial charge is 0.226 e. The van der Waals surface area contributed by atoms with Crippen LogP contribution in [0.5, 0.6) is 0 Å². The largest absolute Gasteiger partial charge is 0.383 e. The predicted octanol–water partition coefficient (Wildman–Crippen LogP) is 1.63. The summed E-state index contributed by atoms with van der Waals surface area (Å²) in [5, 5.41) is 0. The zero-order chi connectivity index (χ0) is 13.7. The summed E-state index contributed by atoms with van der Waals surface area (Å²) in [6.07, 6.45) is 2.86. The number of carbonyl (C=O) groups is 1. The molecule has 18 heavy (non-hydrogen) atoms. The van der Waals surface area contributed by atoms with Gasteiger partial charge >= 0.3 is 0 Å². The second-order valence-corrected chi connectivity index (χ2v) is 5.78. The number of hydrogen-bond acceptors (Lipinski definition) is 3. The summed E-state index contributed by atoms with van der Waals surface area (Å²) in [4.78, 5) is 14.5. The maximum absolute atomic E-state index is 12.6. The normalized spacial score (nSPS) is 28.4. The van der Waals surface area contributed by atoms with E-state index in [1.165, 1.54) is 0 Å². The van der Waals surface area contributed by atoms with E-state index in [0.717, 1.165) is 19.3 Å². The highest BCUT2D eigenvalue weighted by atomic mass is 16.5.